The minimum Gasteiger partial charge on any atom is -0.394 e. The second-order valence-corrected chi connectivity index (χ2v) is 3.43. The van der Waals surface area contributed by atoms with Crippen LogP contribution in [0.1, 0.15) is 26.2 Å². The van der Waals surface area contributed by atoms with Gasteiger partial charge in [-0.1, -0.05) is 24.9 Å². The van der Waals surface area contributed by atoms with Crippen LogP contribution in [0.2, 0.25) is 0 Å². The zero-order chi connectivity index (χ0) is 8.97. The van der Waals surface area contributed by atoms with E-state index in [1.165, 1.54) is 0 Å². The van der Waals surface area contributed by atoms with Crippen molar-refractivity contribution in [2.45, 2.75) is 37.7 Å². The number of nitrogens with zero attached hydrogens (tertiary/aromatic N) is 1. The number of unbranched alkanes of at least 4 members (excludes halogenated alkanes) is 1. The van der Waals surface area contributed by atoms with Crippen molar-refractivity contribution in [3.8, 4) is 0 Å². The van der Waals surface area contributed by atoms with E-state index in [1.54, 1.807) is 0 Å². The van der Waals surface area contributed by atoms with Crippen molar-refractivity contribution in [1.29, 1.82) is 0 Å². The van der Waals surface area contributed by atoms with E-state index in [9.17, 15) is 0 Å². The number of aliphatic hydroxyl groups excluding tert-OH is 1. The van der Waals surface area contributed by atoms with Crippen molar-refractivity contribution < 1.29 is 5.11 Å². The van der Waals surface area contributed by atoms with Gasteiger partial charge in [-0.15, -0.1) is 0 Å². The Hall–Kier alpha value is -0.280. The number of amidine groups is 1. The minimum absolute atomic E-state index is 0.0489. The number of alkyl halides is 1. The highest BCUT2D eigenvalue weighted by Crippen LogP contribution is 2.13. The molecule has 1 rings (SSSR count). The molecule has 2 unspecified atom stereocenters. The molecule has 0 aliphatic carbocycles. The maximum Gasteiger partial charge on any atom is 0.148 e. The van der Waals surface area contributed by atoms with Gasteiger partial charge in [0.05, 0.1) is 18.5 Å². The van der Waals surface area contributed by atoms with Crippen LogP contribution in [0.15, 0.2) is 4.99 Å². The molecule has 4 heteroatoms. The standard InChI is InChI=1S/C8H15ClN2O/c1-2-3-4-7-10-6(5-12)8(9)11-7/h6,8,12H,2-5H2,1H3,(H,10,11). The predicted molar refractivity (Wildman–Crippen MR) is 50.6 cm³/mol. The fraction of sp³-hybridized carbons (Fsp3) is 0.875. The summed E-state index contributed by atoms with van der Waals surface area (Å²) in [7, 11) is 0. The van der Waals surface area contributed by atoms with Crippen LogP contribution in [-0.2, 0) is 0 Å². The van der Waals surface area contributed by atoms with Gasteiger partial charge >= 0.3 is 0 Å². The molecule has 0 spiro atoms. The normalized spacial score (nSPS) is 28.4. The van der Waals surface area contributed by atoms with E-state index in [4.69, 9.17) is 16.7 Å². The van der Waals surface area contributed by atoms with E-state index in [0.29, 0.717) is 0 Å². The average molecular weight is 191 g/mol. The molecule has 12 heavy (non-hydrogen) atoms. The SMILES string of the molecule is CCCCC1=NC(Cl)C(CO)N1. The topological polar surface area (TPSA) is 44.6 Å². The second-order valence-electron chi connectivity index (χ2n) is 2.99. The summed E-state index contributed by atoms with van der Waals surface area (Å²) in [6, 6.07) is -0.0847. The molecule has 0 radical (unpaired) electrons. The van der Waals surface area contributed by atoms with Crippen molar-refractivity contribution in [1.82, 2.24) is 5.32 Å². The van der Waals surface area contributed by atoms with Crippen LogP contribution in [0, 0.1) is 0 Å². The van der Waals surface area contributed by atoms with E-state index in [1.807, 2.05) is 0 Å². The van der Waals surface area contributed by atoms with Crippen LogP contribution in [0.3, 0.4) is 0 Å². The third-order valence-electron chi connectivity index (χ3n) is 1.93. The molecule has 0 saturated carbocycles. The lowest BCUT2D eigenvalue weighted by atomic mass is 10.2. The molecule has 1 aliphatic heterocycles. The molecule has 0 aromatic rings. The van der Waals surface area contributed by atoms with Gasteiger partial charge in [0.15, 0.2) is 0 Å². The van der Waals surface area contributed by atoms with Crippen LogP contribution in [0.5, 0.6) is 0 Å². The summed E-state index contributed by atoms with van der Waals surface area (Å²) in [5, 5.41) is 12.0. The van der Waals surface area contributed by atoms with Gasteiger partial charge < -0.3 is 10.4 Å². The van der Waals surface area contributed by atoms with Crippen LogP contribution >= 0.6 is 11.6 Å². The van der Waals surface area contributed by atoms with Gasteiger partial charge in [-0.2, -0.15) is 0 Å². The molecule has 1 aliphatic rings. The first-order chi connectivity index (χ1) is 5.77. The lowest BCUT2D eigenvalue weighted by Gasteiger charge is -2.09. The van der Waals surface area contributed by atoms with Crippen LogP contribution in [-0.4, -0.2) is 29.1 Å². The van der Waals surface area contributed by atoms with Gasteiger partial charge in [-0.3, -0.25) is 4.99 Å². The van der Waals surface area contributed by atoms with E-state index in [2.05, 4.69) is 17.2 Å². The van der Waals surface area contributed by atoms with Gasteiger partial charge in [-0.25, -0.2) is 0 Å². The average Bonchev–Trinajstić information content (AvgIpc) is 2.43. The van der Waals surface area contributed by atoms with Crippen molar-refractivity contribution >= 4 is 17.4 Å². The third-order valence-corrected chi connectivity index (χ3v) is 2.33. The molecule has 70 valence electrons. The zero-order valence-corrected chi connectivity index (χ0v) is 8.01. The molecular formula is C8H15ClN2O. The monoisotopic (exact) mass is 190 g/mol. The van der Waals surface area contributed by atoms with Crippen LogP contribution in [0.4, 0.5) is 0 Å². The zero-order valence-electron chi connectivity index (χ0n) is 7.26. The Kier molecular flexibility index (Phi) is 3.82. The molecular weight excluding hydrogens is 176 g/mol. The van der Waals surface area contributed by atoms with Gasteiger partial charge in [0.1, 0.15) is 5.50 Å². The van der Waals surface area contributed by atoms with Gasteiger partial charge in [0.25, 0.3) is 0 Å². The lowest BCUT2D eigenvalue weighted by Crippen LogP contribution is -2.35. The van der Waals surface area contributed by atoms with Crippen molar-refractivity contribution in [2.75, 3.05) is 6.61 Å². The van der Waals surface area contributed by atoms with E-state index in [-0.39, 0.29) is 18.1 Å². The summed E-state index contributed by atoms with van der Waals surface area (Å²) < 4.78 is 0. The highest BCUT2D eigenvalue weighted by atomic mass is 35.5. The Morgan fingerprint density at radius 2 is 2.42 bits per heavy atom. The summed E-state index contributed by atoms with van der Waals surface area (Å²) in [4.78, 5) is 4.19. The summed E-state index contributed by atoms with van der Waals surface area (Å²) in [5.74, 6) is 0.941. The number of aliphatic hydroxyl groups is 1. The predicted octanol–water partition coefficient (Wildman–Crippen LogP) is 1.10. The molecule has 0 fully saturated rings. The molecule has 1 heterocycles. The molecule has 3 nitrogen and oxygen atoms in total. The summed E-state index contributed by atoms with van der Waals surface area (Å²) in [6.45, 7) is 2.19. The number of aliphatic imine (C=N–C) groups is 1. The molecule has 0 aromatic heterocycles. The third kappa shape index (κ3) is 2.35. The fourth-order valence-electron chi connectivity index (χ4n) is 1.17. The maximum absolute atomic E-state index is 8.86. The molecule has 2 atom stereocenters. The van der Waals surface area contributed by atoms with E-state index < -0.39 is 0 Å². The Labute approximate surface area is 77.8 Å². The minimum atomic E-state index is -0.290. The van der Waals surface area contributed by atoms with Gasteiger partial charge in [0.2, 0.25) is 0 Å². The second kappa shape index (κ2) is 4.67. The number of halogens is 1. The van der Waals surface area contributed by atoms with Crippen LogP contribution < -0.4 is 5.32 Å². The highest BCUT2D eigenvalue weighted by molar-refractivity contribution is 6.22. The fourth-order valence-corrected chi connectivity index (χ4v) is 1.43. The number of nitrogens with one attached hydrogen (secondary N) is 1. The Morgan fingerprint density at radius 3 is 2.92 bits per heavy atom. The summed E-state index contributed by atoms with van der Waals surface area (Å²) in [5.41, 5.74) is -0.290. The molecule has 0 saturated heterocycles. The molecule has 0 bridgehead atoms. The largest absolute Gasteiger partial charge is 0.394 e. The van der Waals surface area contributed by atoms with Crippen molar-refractivity contribution in [2.24, 2.45) is 4.99 Å². The van der Waals surface area contributed by atoms with Gasteiger partial charge in [-0.05, 0) is 6.42 Å². The van der Waals surface area contributed by atoms with E-state index in [0.717, 1.165) is 25.1 Å². The smallest absolute Gasteiger partial charge is 0.148 e. The van der Waals surface area contributed by atoms with Gasteiger partial charge in [0, 0.05) is 6.42 Å². The quantitative estimate of drug-likeness (QED) is 0.515. The Bertz CT molecular complexity index is 172. The number of hydrogen-bond acceptors (Lipinski definition) is 3. The highest BCUT2D eigenvalue weighted by Gasteiger charge is 2.24. The maximum atomic E-state index is 8.86. The Morgan fingerprint density at radius 1 is 1.67 bits per heavy atom. The lowest BCUT2D eigenvalue weighted by molar-refractivity contribution is 0.258. The van der Waals surface area contributed by atoms with Crippen molar-refractivity contribution in [3.05, 3.63) is 0 Å². The first-order valence-electron chi connectivity index (χ1n) is 4.36. The van der Waals surface area contributed by atoms with Crippen molar-refractivity contribution in [3.63, 3.8) is 0 Å². The number of rotatable bonds is 4. The van der Waals surface area contributed by atoms with Crippen LogP contribution in [0.25, 0.3) is 0 Å². The van der Waals surface area contributed by atoms with E-state index >= 15 is 0 Å². The molecule has 0 amide bonds. The first-order valence-corrected chi connectivity index (χ1v) is 4.79. The number of hydrogen-bond donors (Lipinski definition) is 2. The molecule has 2 N–H and O–H groups in total. The first kappa shape index (κ1) is 9.81. The summed E-state index contributed by atoms with van der Waals surface area (Å²) >= 11 is 5.84. The Balaban J connectivity index is 2.33. The summed E-state index contributed by atoms with van der Waals surface area (Å²) in [6.07, 6.45) is 3.21. The molecule has 0 aromatic carbocycles.